The molecule has 2 heterocycles. The van der Waals surface area contributed by atoms with E-state index in [1.165, 1.54) is 18.3 Å². The number of hydrogen-bond acceptors (Lipinski definition) is 6. The minimum absolute atomic E-state index is 0.0132. The molecule has 0 radical (unpaired) electrons. The highest BCUT2D eigenvalue weighted by Crippen LogP contribution is 2.30. The van der Waals surface area contributed by atoms with Gasteiger partial charge in [-0.15, -0.1) is 0 Å². The molecule has 0 aliphatic carbocycles. The zero-order chi connectivity index (χ0) is 22.8. The quantitative estimate of drug-likeness (QED) is 0.446. The van der Waals surface area contributed by atoms with E-state index in [4.69, 9.17) is 4.74 Å². The van der Waals surface area contributed by atoms with E-state index in [0.717, 1.165) is 11.1 Å². The molecule has 162 valence electrons. The smallest absolute Gasteiger partial charge is 0.338 e. The summed E-state index contributed by atoms with van der Waals surface area (Å²) in [6, 6.07) is 15.9. The van der Waals surface area contributed by atoms with Crippen molar-refractivity contribution >= 4 is 29.2 Å². The number of aromatic nitrogens is 1. The molecule has 1 aliphatic heterocycles. The molecule has 6 nitrogen and oxygen atoms in total. The van der Waals surface area contributed by atoms with Crippen LogP contribution in [-0.4, -0.2) is 22.9 Å². The van der Waals surface area contributed by atoms with Gasteiger partial charge in [0.25, 0.3) is 5.56 Å². The number of thiazole rings is 1. The van der Waals surface area contributed by atoms with Crippen molar-refractivity contribution in [3.05, 3.63) is 102 Å². The van der Waals surface area contributed by atoms with Crippen molar-refractivity contribution in [3.63, 3.8) is 0 Å². The fourth-order valence-electron chi connectivity index (χ4n) is 3.71. The van der Waals surface area contributed by atoms with E-state index in [0.29, 0.717) is 26.2 Å². The third kappa shape index (κ3) is 3.99. The summed E-state index contributed by atoms with van der Waals surface area (Å²) in [5.74, 6) is -0.488. The number of rotatable bonds is 5. The number of ether oxygens (including phenoxy) is 1. The lowest BCUT2D eigenvalue weighted by atomic mass is 9.96. The number of hydrogen-bond donors (Lipinski definition) is 0. The Kier molecular flexibility index (Phi) is 6.01. The van der Waals surface area contributed by atoms with E-state index in [9.17, 15) is 14.4 Å². The second-order valence-electron chi connectivity index (χ2n) is 7.39. The molecule has 0 saturated heterocycles. The lowest BCUT2D eigenvalue weighted by Crippen LogP contribution is -2.39. The van der Waals surface area contributed by atoms with E-state index in [2.05, 4.69) is 4.99 Å². The molecule has 1 atom stereocenters. The third-order valence-corrected chi connectivity index (χ3v) is 6.23. The van der Waals surface area contributed by atoms with Gasteiger partial charge < -0.3 is 4.74 Å². The van der Waals surface area contributed by atoms with Crippen molar-refractivity contribution in [2.75, 3.05) is 6.61 Å². The summed E-state index contributed by atoms with van der Waals surface area (Å²) in [5.41, 5.74) is 2.90. The summed E-state index contributed by atoms with van der Waals surface area (Å²) in [7, 11) is 0. The molecule has 3 aromatic rings. The Morgan fingerprint density at radius 3 is 2.44 bits per heavy atom. The third-order valence-electron chi connectivity index (χ3n) is 5.25. The van der Waals surface area contributed by atoms with Crippen LogP contribution < -0.4 is 14.9 Å². The SMILES string of the molecule is CCOC(=O)C1=C(C)N=c2s/c(=C\c3ccc(C(C)=O)cc3)c(=O)n2[C@H]1c1ccccc1. The number of nitrogens with zero attached hydrogens (tertiary/aromatic N) is 2. The second-order valence-corrected chi connectivity index (χ2v) is 8.40. The van der Waals surface area contributed by atoms with Crippen LogP contribution in [0.5, 0.6) is 0 Å². The zero-order valence-corrected chi connectivity index (χ0v) is 18.8. The molecule has 4 rings (SSSR count). The summed E-state index contributed by atoms with van der Waals surface area (Å²) in [6.45, 7) is 5.26. The molecule has 0 bridgehead atoms. The van der Waals surface area contributed by atoms with Gasteiger partial charge in [-0.25, -0.2) is 9.79 Å². The molecular weight excluding hydrogens is 424 g/mol. The standard InChI is InChI=1S/C25H22N2O4S/c1-4-31-24(30)21-15(2)26-25-27(22(21)19-8-6-5-7-9-19)23(29)20(32-25)14-17-10-12-18(13-11-17)16(3)28/h5-14,22H,4H2,1-3H3/b20-14-/t22-/m0/s1. The first-order chi connectivity index (χ1) is 15.4. The van der Waals surface area contributed by atoms with Gasteiger partial charge in [0.2, 0.25) is 0 Å². The predicted molar refractivity (Wildman–Crippen MR) is 123 cm³/mol. The Morgan fingerprint density at radius 2 is 1.81 bits per heavy atom. The number of Topliss-reactive ketones (excluding diaryl/α,β-unsaturated/α-hetero) is 1. The van der Waals surface area contributed by atoms with Crippen molar-refractivity contribution in [1.82, 2.24) is 4.57 Å². The average Bonchev–Trinajstić information content (AvgIpc) is 3.08. The van der Waals surface area contributed by atoms with Gasteiger partial charge in [-0.3, -0.25) is 14.2 Å². The van der Waals surface area contributed by atoms with E-state index in [-0.39, 0.29) is 17.9 Å². The number of ketones is 1. The second kappa shape index (κ2) is 8.88. The van der Waals surface area contributed by atoms with Gasteiger partial charge in [-0.05, 0) is 38.0 Å². The Balaban J connectivity index is 1.90. The molecule has 0 saturated carbocycles. The van der Waals surface area contributed by atoms with Crippen LogP contribution in [0.1, 0.15) is 48.3 Å². The summed E-state index contributed by atoms with van der Waals surface area (Å²) in [5, 5.41) is 0. The maximum atomic E-state index is 13.5. The molecule has 7 heteroatoms. The average molecular weight is 447 g/mol. The van der Waals surface area contributed by atoms with E-state index >= 15 is 0 Å². The Morgan fingerprint density at radius 1 is 1.12 bits per heavy atom. The molecule has 0 fully saturated rings. The van der Waals surface area contributed by atoms with Crippen LogP contribution in [0.2, 0.25) is 0 Å². The van der Waals surface area contributed by atoms with Gasteiger partial charge in [0.1, 0.15) is 0 Å². The Hall–Kier alpha value is -3.58. The maximum absolute atomic E-state index is 13.5. The molecule has 0 unspecified atom stereocenters. The van der Waals surface area contributed by atoms with Gasteiger partial charge in [-0.1, -0.05) is 65.9 Å². The van der Waals surface area contributed by atoms with Crippen molar-refractivity contribution in [3.8, 4) is 0 Å². The highest BCUT2D eigenvalue weighted by atomic mass is 32.1. The zero-order valence-electron chi connectivity index (χ0n) is 18.0. The minimum Gasteiger partial charge on any atom is -0.463 e. The van der Waals surface area contributed by atoms with E-state index < -0.39 is 12.0 Å². The van der Waals surface area contributed by atoms with Crippen molar-refractivity contribution in [2.45, 2.75) is 26.8 Å². The van der Waals surface area contributed by atoms with Crippen LogP contribution in [0.25, 0.3) is 6.08 Å². The number of benzene rings is 2. The van der Waals surface area contributed by atoms with Crippen LogP contribution in [-0.2, 0) is 9.53 Å². The van der Waals surface area contributed by atoms with Crippen LogP contribution in [0.3, 0.4) is 0 Å². The van der Waals surface area contributed by atoms with Gasteiger partial charge in [-0.2, -0.15) is 0 Å². The van der Waals surface area contributed by atoms with Gasteiger partial charge >= 0.3 is 5.97 Å². The molecule has 1 aliphatic rings. The highest BCUT2D eigenvalue weighted by Gasteiger charge is 2.33. The predicted octanol–water partition coefficient (Wildman–Crippen LogP) is 3.00. The van der Waals surface area contributed by atoms with Crippen LogP contribution >= 0.6 is 11.3 Å². The number of carbonyl (C=O) groups excluding carboxylic acids is 2. The normalized spacial score (nSPS) is 15.8. The van der Waals surface area contributed by atoms with Gasteiger partial charge in [0.05, 0.1) is 28.5 Å². The van der Waals surface area contributed by atoms with Crippen molar-refractivity contribution in [1.29, 1.82) is 0 Å². The number of fused-ring (bicyclic) bond motifs is 1. The summed E-state index contributed by atoms with van der Waals surface area (Å²) in [4.78, 5) is 42.9. The summed E-state index contributed by atoms with van der Waals surface area (Å²) < 4.78 is 7.35. The fraction of sp³-hybridized carbons (Fsp3) is 0.200. The lowest BCUT2D eigenvalue weighted by molar-refractivity contribution is -0.139. The topological polar surface area (TPSA) is 77.7 Å². The van der Waals surface area contributed by atoms with Crippen molar-refractivity contribution in [2.24, 2.45) is 4.99 Å². The number of allylic oxidation sites excluding steroid dienone is 1. The Labute approximate surface area is 188 Å². The first-order valence-corrected chi connectivity index (χ1v) is 11.1. The maximum Gasteiger partial charge on any atom is 0.338 e. The molecular formula is C25H22N2O4S. The van der Waals surface area contributed by atoms with Gasteiger partial charge in [0, 0.05) is 5.56 Å². The molecule has 0 spiro atoms. The minimum atomic E-state index is -0.617. The molecule has 1 aromatic heterocycles. The van der Waals surface area contributed by atoms with Crippen LogP contribution in [0, 0.1) is 0 Å². The molecule has 0 amide bonds. The monoisotopic (exact) mass is 446 g/mol. The first-order valence-electron chi connectivity index (χ1n) is 10.3. The summed E-state index contributed by atoms with van der Waals surface area (Å²) in [6.07, 6.45) is 1.78. The molecule has 2 aromatic carbocycles. The molecule has 0 N–H and O–H groups in total. The van der Waals surface area contributed by atoms with E-state index in [1.54, 1.807) is 48.8 Å². The Bertz CT molecular complexity index is 1400. The highest BCUT2D eigenvalue weighted by molar-refractivity contribution is 7.07. The molecule has 32 heavy (non-hydrogen) atoms. The fourth-order valence-corrected chi connectivity index (χ4v) is 4.75. The van der Waals surface area contributed by atoms with E-state index in [1.807, 2.05) is 30.3 Å². The van der Waals surface area contributed by atoms with Gasteiger partial charge in [0.15, 0.2) is 10.6 Å². The first kappa shape index (κ1) is 21.6. The summed E-state index contributed by atoms with van der Waals surface area (Å²) >= 11 is 1.27. The number of esters is 1. The number of carbonyl (C=O) groups is 2. The lowest BCUT2D eigenvalue weighted by Gasteiger charge is -2.24. The van der Waals surface area contributed by atoms with Crippen LogP contribution in [0.15, 0.2) is 75.7 Å². The van der Waals surface area contributed by atoms with Crippen molar-refractivity contribution < 1.29 is 14.3 Å². The largest absolute Gasteiger partial charge is 0.463 e. The van der Waals surface area contributed by atoms with Crippen LogP contribution in [0.4, 0.5) is 0 Å².